The maximum absolute atomic E-state index is 8.71. The number of rotatable bonds is 4. The van der Waals surface area contributed by atoms with Gasteiger partial charge < -0.3 is 10.5 Å². The van der Waals surface area contributed by atoms with Crippen LogP contribution in [-0.2, 0) is 6.54 Å². The first-order valence-electron chi connectivity index (χ1n) is 4.65. The van der Waals surface area contributed by atoms with E-state index < -0.39 is 0 Å². The van der Waals surface area contributed by atoms with Crippen LogP contribution >= 0.6 is 0 Å². The highest BCUT2D eigenvalue weighted by atomic mass is 16.5. The van der Waals surface area contributed by atoms with Gasteiger partial charge in [-0.2, -0.15) is 5.26 Å². The molecule has 74 valence electrons. The second-order valence-electron chi connectivity index (χ2n) is 3.00. The Morgan fingerprint density at radius 3 is 2.93 bits per heavy atom. The fourth-order valence-electron chi connectivity index (χ4n) is 1.11. The van der Waals surface area contributed by atoms with Crippen LogP contribution in [0.25, 0.3) is 0 Å². The molecule has 0 aliphatic rings. The third kappa shape index (κ3) is 2.75. The number of ether oxygens (including phenoxy) is 1. The average Bonchev–Trinajstić information content (AvgIpc) is 2.26. The second kappa shape index (κ2) is 5.25. The van der Waals surface area contributed by atoms with E-state index in [0.717, 1.165) is 5.56 Å². The molecule has 0 amide bonds. The summed E-state index contributed by atoms with van der Waals surface area (Å²) < 4.78 is 5.44. The van der Waals surface area contributed by atoms with E-state index >= 15 is 0 Å². The quantitative estimate of drug-likeness (QED) is 0.787. The number of hydrogen-bond acceptors (Lipinski definition) is 3. The van der Waals surface area contributed by atoms with E-state index in [-0.39, 0.29) is 6.10 Å². The predicted octanol–water partition coefficient (Wildman–Crippen LogP) is 1.83. The largest absolute Gasteiger partial charge is 0.476 e. The van der Waals surface area contributed by atoms with Gasteiger partial charge in [-0.25, -0.2) is 0 Å². The first kappa shape index (κ1) is 10.6. The Morgan fingerprint density at radius 1 is 1.57 bits per heavy atom. The van der Waals surface area contributed by atoms with E-state index in [1.165, 1.54) is 0 Å². The lowest BCUT2D eigenvalue weighted by atomic mass is 10.2. The molecule has 14 heavy (non-hydrogen) atoms. The molecule has 1 aromatic carbocycles. The number of hydrogen-bond donors (Lipinski definition) is 1. The summed E-state index contributed by atoms with van der Waals surface area (Å²) in [6.07, 6.45) is 0.312. The van der Waals surface area contributed by atoms with Gasteiger partial charge in [0.05, 0.1) is 0 Å². The highest BCUT2D eigenvalue weighted by Crippen LogP contribution is 2.15. The molecule has 0 radical (unpaired) electrons. The Labute approximate surface area is 84.1 Å². The van der Waals surface area contributed by atoms with Crippen LogP contribution in [0.3, 0.4) is 0 Å². The molecule has 0 saturated carbocycles. The van der Waals surface area contributed by atoms with Crippen molar-refractivity contribution in [3.63, 3.8) is 0 Å². The molecule has 0 bridgehead atoms. The van der Waals surface area contributed by atoms with E-state index in [4.69, 9.17) is 15.7 Å². The summed E-state index contributed by atoms with van der Waals surface area (Å²) >= 11 is 0. The van der Waals surface area contributed by atoms with E-state index in [1.807, 2.05) is 31.2 Å². The van der Waals surface area contributed by atoms with Crippen LogP contribution in [0.1, 0.15) is 18.9 Å². The monoisotopic (exact) mass is 190 g/mol. The van der Waals surface area contributed by atoms with Gasteiger partial charge in [0.15, 0.2) is 6.10 Å². The van der Waals surface area contributed by atoms with Gasteiger partial charge in [-0.05, 0) is 24.1 Å². The fourth-order valence-corrected chi connectivity index (χ4v) is 1.11. The maximum atomic E-state index is 8.71. The zero-order chi connectivity index (χ0) is 10.4. The summed E-state index contributed by atoms with van der Waals surface area (Å²) in [5.41, 5.74) is 6.50. The van der Waals surface area contributed by atoms with Crippen molar-refractivity contribution >= 4 is 0 Å². The molecule has 3 nitrogen and oxygen atoms in total. The van der Waals surface area contributed by atoms with Gasteiger partial charge in [-0.15, -0.1) is 0 Å². The van der Waals surface area contributed by atoms with Gasteiger partial charge >= 0.3 is 0 Å². The first-order chi connectivity index (χ1) is 6.80. The van der Waals surface area contributed by atoms with Crippen molar-refractivity contribution in [3.8, 4) is 11.8 Å². The smallest absolute Gasteiger partial charge is 0.184 e. The molecule has 0 aliphatic heterocycles. The van der Waals surface area contributed by atoms with Crippen molar-refractivity contribution < 1.29 is 4.74 Å². The van der Waals surface area contributed by atoms with Gasteiger partial charge in [0.1, 0.15) is 11.8 Å². The Balaban J connectivity index is 2.71. The Bertz CT molecular complexity index is 330. The molecule has 3 heteroatoms. The lowest BCUT2D eigenvalue weighted by Crippen LogP contribution is -2.12. The third-order valence-corrected chi connectivity index (χ3v) is 1.93. The summed E-state index contributed by atoms with van der Waals surface area (Å²) in [6.45, 7) is 2.40. The fraction of sp³-hybridized carbons (Fsp3) is 0.364. The number of benzene rings is 1. The van der Waals surface area contributed by atoms with E-state index in [9.17, 15) is 0 Å². The topological polar surface area (TPSA) is 59.0 Å². The number of nitrogens with zero attached hydrogens (tertiary/aromatic N) is 1. The summed E-state index contributed by atoms with van der Waals surface area (Å²) in [4.78, 5) is 0. The summed E-state index contributed by atoms with van der Waals surface area (Å²) in [7, 11) is 0. The zero-order valence-electron chi connectivity index (χ0n) is 8.23. The average molecular weight is 190 g/mol. The minimum Gasteiger partial charge on any atom is -0.476 e. The Morgan fingerprint density at radius 2 is 2.36 bits per heavy atom. The molecule has 2 N–H and O–H groups in total. The molecular weight excluding hydrogens is 176 g/mol. The van der Waals surface area contributed by atoms with Crippen LogP contribution in [0.15, 0.2) is 24.3 Å². The summed E-state index contributed by atoms with van der Waals surface area (Å²) in [5.74, 6) is 0.710. The summed E-state index contributed by atoms with van der Waals surface area (Å²) in [6, 6.07) is 9.59. The molecule has 0 saturated heterocycles. The van der Waals surface area contributed by atoms with Gasteiger partial charge in [-0.1, -0.05) is 19.1 Å². The molecule has 0 aromatic heterocycles. The van der Waals surface area contributed by atoms with Gasteiger partial charge in [0.25, 0.3) is 0 Å². The van der Waals surface area contributed by atoms with Crippen molar-refractivity contribution in [1.29, 1.82) is 5.26 Å². The lowest BCUT2D eigenvalue weighted by molar-refractivity contribution is 0.251. The SMILES string of the molecule is CC[C@@H](C#N)Oc1cccc(CN)c1. The lowest BCUT2D eigenvalue weighted by Gasteiger charge is -2.10. The Kier molecular flexibility index (Phi) is 3.96. The number of nitrogens with two attached hydrogens (primary N) is 1. The van der Waals surface area contributed by atoms with Crippen molar-refractivity contribution in [2.45, 2.75) is 26.0 Å². The molecule has 0 unspecified atom stereocenters. The van der Waals surface area contributed by atoms with E-state index in [1.54, 1.807) is 0 Å². The molecule has 0 spiro atoms. The van der Waals surface area contributed by atoms with E-state index in [0.29, 0.717) is 18.7 Å². The van der Waals surface area contributed by atoms with Crippen molar-refractivity contribution in [2.24, 2.45) is 5.73 Å². The molecular formula is C11H14N2O. The minimum atomic E-state index is -0.372. The van der Waals surface area contributed by atoms with Crippen molar-refractivity contribution in [2.75, 3.05) is 0 Å². The third-order valence-electron chi connectivity index (χ3n) is 1.93. The van der Waals surface area contributed by atoms with Gasteiger partial charge in [0.2, 0.25) is 0 Å². The molecule has 1 aromatic rings. The zero-order valence-corrected chi connectivity index (χ0v) is 8.23. The van der Waals surface area contributed by atoms with Crippen LogP contribution in [0, 0.1) is 11.3 Å². The Hall–Kier alpha value is -1.53. The van der Waals surface area contributed by atoms with E-state index in [2.05, 4.69) is 6.07 Å². The first-order valence-corrected chi connectivity index (χ1v) is 4.65. The van der Waals surface area contributed by atoms with Crippen LogP contribution in [0.2, 0.25) is 0 Å². The number of nitriles is 1. The maximum Gasteiger partial charge on any atom is 0.184 e. The molecule has 0 heterocycles. The van der Waals surface area contributed by atoms with Crippen molar-refractivity contribution in [1.82, 2.24) is 0 Å². The molecule has 0 fully saturated rings. The van der Waals surface area contributed by atoms with Gasteiger partial charge in [0, 0.05) is 6.54 Å². The predicted molar refractivity (Wildman–Crippen MR) is 54.7 cm³/mol. The van der Waals surface area contributed by atoms with Crippen LogP contribution in [0.4, 0.5) is 0 Å². The van der Waals surface area contributed by atoms with Gasteiger partial charge in [-0.3, -0.25) is 0 Å². The van der Waals surface area contributed by atoms with Crippen molar-refractivity contribution in [3.05, 3.63) is 29.8 Å². The van der Waals surface area contributed by atoms with Crippen LogP contribution < -0.4 is 10.5 Å². The van der Waals surface area contributed by atoms with Crippen LogP contribution in [0.5, 0.6) is 5.75 Å². The standard InChI is InChI=1S/C11H14N2O/c1-2-10(8-13)14-11-5-3-4-9(6-11)7-12/h3-6,10H,2,7,12H2,1H3/t10-/m0/s1. The molecule has 1 atom stereocenters. The van der Waals surface area contributed by atoms with Crippen LogP contribution in [-0.4, -0.2) is 6.10 Å². The normalized spacial score (nSPS) is 11.8. The minimum absolute atomic E-state index is 0.372. The highest BCUT2D eigenvalue weighted by molar-refractivity contribution is 5.28. The summed E-state index contributed by atoms with van der Waals surface area (Å²) in [5, 5.41) is 8.71. The highest BCUT2D eigenvalue weighted by Gasteiger charge is 2.05. The second-order valence-corrected chi connectivity index (χ2v) is 3.00. The molecule has 1 rings (SSSR count). The molecule has 0 aliphatic carbocycles.